The minimum absolute atomic E-state index is 0.580. The molecule has 1 heterocycles. The van der Waals surface area contributed by atoms with Crippen molar-refractivity contribution >= 4 is 11.8 Å². The van der Waals surface area contributed by atoms with Crippen LogP contribution in [-0.2, 0) is 0 Å². The average Bonchev–Trinajstić information content (AvgIpc) is 2.32. The third kappa shape index (κ3) is 3.32. The van der Waals surface area contributed by atoms with Crippen molar-refractivity contribution in [2.24, 2.45) is 5.92 Å². The zero-order valence-electron chi connectivity index (χ0n) is 11.0. The van der Waals surface area contributed by atoms with E-state index in [0.717, 1.165) is 17.7 Å². The van der Waals surface area contributed by atoms with E-state index in [-0.39, 0.29) is 0 Å². The number of rotatable bonds is 3. The fourth-order valence-electron chi connectivity index (χ4n) is 2.26. The molecular formula is C13H22N4. The van der Waals surface area contributed by atoms with Crippen LogP contribution in [0.4, 0.5) is 11.8 Å². The van der Waals surface area contributed by atoms with E-state index in [1.165, 1.54) is 25.7 Å². The molecule has 0 radical (unpaired) electrons. The lowest BCUT2D eigenvalue weighted by atomic mass is 9.87. The molecule has 4 heteroatoms. The number of hydrogen-bond donors (Lipinski definition) is 1. The van der Waals surface area contributed by atoms with Crippen LogP contribution < -0.4 is 10.2 Å². The third-order valence-corrected chi connectivity index (χ3v) is 3.41. The van der Waals surface area contributed by atoms with Gasteiger partial charge in [-0.2, -0.15) is 4.98 Å². The molecule has 0 aromatic carbocycles. The lowest BCUT2D eigenvalue weighted by molar-refractivity contribution is 0.361. The summed E-state index contributed by atoms with van der Waals surface area (Å²) in [7, 11) is 3.92. The van der Waals surface area contributed by atoms with Crippen LogP contribution in [0, 0.1) is 5.92 Å². The monoisotopic (exact) mass is 234 g/mol. The standard InChI is InChI=1S/C13H22N4/c1-10-4-6-11(7-5-10)15-12-8-9-14-13(16-12)17(2)3/h8-11H,4-7H2,1-3H3,(H,14,15,16). The molecule has 0 aliphatic heterocycles. The predicted molar refractivity (Wildman–Crippen MR) is 71.4 cm³/mol. The molecular weight excluding hydrogens is 212 g/mol. The van der Waals surface area contributed by atoms with E-state index < -0.39 is 0 Å². The molecule has 1 fully saturated rings. The summed E-state index contributed by atoms with van der Waals surface area (Å²) in [5.41, 5.74) is 0. The van der Waals surface area contributed by atoms with Crippen LogP contribution in [0.3, 0.4) is 0 Å². The summed E-state index contributed by atoms with van der Waals surface area (Å²) < 4.78 is 0. The van der Waals surface area contributed by atoms with Crippen molar-refractivity contribution in [1.82, 2.24) is 9.97 Å². The number of hydrogen-bond acceptors (Lipinski definition) is 4. The summed E-state index contributed by atoms with van der Waals surface area (Å²) in [6.07, 6.45) is 6.97. The number of anilines is 2. The van der Waals surface area contributed by atoms with Gasteiger partial charge in [0.25, 0.3) is 0 Å². The van der Waals surface area contributed by atoms with E-state index in [0.29, 0.717) is 6.04 Å². The van der Waals surface area contributed by atoms with E-state index in [9.17, 15) is 0 Å². The van der Waals surface area contributed by atoms with Crippen LogP contribution in [0.2, 0.25) is 0 Å². The Labute approximate surface area is 103 Å². The minimum Gasteiger partial charge on any atom is -0.367 e. The first-order valence-electron chi connectivity index (χ1n) is 6.42. The van der Waals surface area contributed by atoms with Gasteiger partial charge in [0.15, 0.2) is 0 Å². The van der Waals surface area contributed by atoms with Gasteiger partial charge in [-0.1, -0.05) is 6.92 Å². The van der Waals surface area contributed by atoms with Gasteiger partial charge in [0, 0.05) is 26.3 Å². The fraction of sp³-hybridized carbons (Fsp3) is 0.692. The predicted octanol–water partition coefficient (Wildman–Crippen LogP) is 2.53. The first-order chi connectivity index (χ1) is 8.15. The molecule has 1 aliphatic carbocycles. The van der Waals surface area contributed by atoms with Gasteiger partial charge in [-0.25, -0.2) is 4.98 Å². The van der Waals surface area contributed by atoms with Crippen LogP contribution >= 0.6 is 0 Å². The normalized spacial score (nSPS) is 24.4. The van der Waals surface area contributed by atoms with Gasteiger partial charge in [-0.15, -0.1) is 0 Å². The lowest BCUT2D eigenvalue weighted by Gasteiger charge is -2.27. The quantitative estimate of drug-likeness (QED) is 0.872. The van der Waals surface area contributed by atoms with E-state index >= 15 is 0 Å². The van der Waals surface area contributed by atoms with E-state index in [4.69, 9.17) is 0 Å². The highest BCUT2D eigenvalue weighted by Crippen LogP contribution is 2.25. The maximum atomic E-state index is 4.49. The van der Waals surface area contributed by atoms with Crippen LogP contribution in [0.25, 0.3) is 0 Å². The summed E-state index contributed by atoms with van der Waals surface area (Å²) >= 11 is 0. The molecule has 0 amide bonds. The summed E-state index contributed by atoms with van der Waals surface area (Å²) in [6, 6.07) is 2.53. The summed E-state index contributed by atoms with van der Waals surface area (Å²) in [4.78, 5) is 10.6. The van der Waals surface area contributed by atoms with Crippen molar-refractivity contribution in [3.63, 3.8) is 0 Å². The van der Waals surface area contributed by atoms with Crippen molar-refractivity contribution in [1.29, 1.82) is 0 Å². The molecule has 2 rings (SSSR count). The molecule has 1 N–H and O–H groups in total. The van der Waals surface area contributed by atoms with Crippen molar-refractivity contribution in [3.8, 4) is 0 Å². The van der Waals surface area contributed by atoms with Gasteiger partial charge in [0.05, 0.1) is 0 Å². The Bertz CT molecular complexity index is 356. The Hall–Kier alpha value is -1.32. The summed E-state index contributed by atoms with van der Waals surface area (Å²) in [5, 5.41) is 3.52. The molecule has 0 unspecified atom stereocenters. The molecule has 4 nitrogen and oxygen atoms in total. The maximum absolute atomic E-state index is 4.49. The molecule has 1 aromatic rings. The maximum Gasteiger partial charge on any atom is 0.226 e. The molecule has 1 aliphatic rings. The zero-order chi connectivity index (χ0) is 12.3. The number of nitrogens with zero attached hydrogens (tertiary/aromatic N) is 3. The molecule has 0 spiro atoms. The smallest absolute Gasteiger partial charge is 0.226 e. The van der Waals surface area contributed by atoms with Crippen molar-refractivity contribution in [2.45, 2.75) is 38.6 Å². The Morgan fingerprint density at radius 3 is 2.59 bits per heavy atom. The van der Waals surface area contributed by atoms with Gasteiger partial charge in [0.2, 0.25) is 5.95 Å². The topological polar surface area (TPSA) is 41.1 Å². The van der Waals surface area contributed by atoms with Crippen LogP contribution in [0.1, 0.15) is 32.6 Å². The molecule has 17 heavy (non-hydrogen) atoms. The Morgan fingerprint density at radius 2 is 1.94 bits per heavy atom. The van der Waals surface area contributed by atoms with E-state index in [1.54, 1.807) is 0 Å². The first kappa shape index (κ1) is 12.1. The molecule has 0 atom stereocenters. The number of aromatic nitrogens is 2. The Balaban J connectivity index is 1.96. The second-order valence-electron chi connectivity index (χ2n) is 5.24. The van der Waals surface area contributed by atoms with E-state index in [2.05, 4.69) is 22.2 Å². The van der Waals surface area contributed by atoms with Crippen molar-refractivity contribution in [2.75, 3.05) is 24.3 Å². The second kappa shape index (κ2) is 5.34. The molecule has 0 bridgehead atoms. The van der Waals surface area contributed by atoms with Gasteiger partial charge in [-0.3, -0.25) is 0 Å². The van der Waals surface area contributed by atoms with E-state index in [1.807, 2.05) is 31.3 Å². The molecule has 0 saturated heterocycles. The minimum atomic E-state index is 0.580. The van der Waals surface area contributed by atoms with Crippen LogP contribution in [-0.4, -0.2) is 30.1 Å². The largest absolute Gasteiger partial charge is 0.367 e. The van der Waals surface area contributed by atoms with Gasteiger partial charge < -0.3 is 10.2 Å². The first-order valence-corrected chi connectivity index (χ1v) is 6.42. The average molecular weight is 234 g/mol. The highest BCUT2D eigenvalue weighted by atomic mass is 15.2. The van der Waals surface area contributed by atoms with Crippen LogP contribution in [0.15, 0.2) is 12.3 Å². The number of nitrogens with one attached hydrogen (secondary N) is 1. The van der Waals surface area contributed by atoms with Crippen molar-refractivity contribution < 1.29 is 0 Å². The highest BCUT2D eigenvalue weighted by Gasteiger charge is 2.18. The highest BCUT2D eigenvalue weighted by molar-refractivity contribution is 5.41. The molecule has 1 aromatic heterocycles. The SMILES string of the molecule is CC1CCC(Nc2ccnc(N(C)C)n2)CC1. The van der Waals surface area contributed by atoms with Gasteiger partial charge in [-0.05, 0) is 37.7 Å². The van der Waals surface area contributed by atoms with Crippen molar-refractivity contribution in [3.05, 3.63) is 12.3 Å². The Kier molecular flexibility index (Phi) is 3.82. The summed E-state index contributed by atoms with van der Waals surface area (Å²) in [5.74, 6) is 2.60. The molecule has 94 valence electrons. The molecule has 1 saturated carbocycles. The van der Waals surface area contributed by atoms with Gasteiger partial charge in [0.1, 0.15) is 5.82 Å². The fourth-order valence-corrected chi connectivity index (χ4v) is 2.26. The lowest BCUT2D eigenvalue weighted by Crippen LogP contribution is -2.26. The van der Waals surface area contributed by atoms with Gasteiger partial charge >= 0.3 is 0 Å². The summed E-state index contributed by atoms with van der Waals surface area (Å²) in [6.45, 7) is 2.34. The Morgan fingerprint density at radius 1 is 1.24 bits per heavy atom. The zero-order valence-corrected chi connectivity index (χ0v) is 11.0. The third-order valence-electron chi connectivity index (χ3n) is 3.41. The van der Waals surface area contributed by atoms with Crippen LogP contribution in [0.5, 0.6) is 0 Å². The second-order valence-corrected chi connectivity index (χ2v) is 5.24.